The Balaban J connectivity index is 1.83. The van der Waals surface area contributed by atoms with Gasteiger partial charge in [0.05, 0.1) is 7.11 Å². The number of carbonyl (C=O) groups excluding carboxylic acids is 1. The van der Waals surface area contributed by atoms with E-state index in [0.717, 1.165) is 17.5 Å². The fourth-order valence-corrected chi connectivity index (χ4v) is 3.32. The van der Waals surface area contributed by atoms with Gasteiger partial charge in [-0.2, -0.15) is 0 Å². The lowest BCUT2D eigenvalue weighted by Crippen LogP contribution is -2.08. The van der Waals surface area contributed by atoms with Crippen molar-refractivity contribution in [2.45, 2.75) is 25.7 Å². The van der Waals surface area contributed by atoms with E-state index >= 15 is 0 Å². The van der Waals surface area contributed by atoms with Crippen LogP contribution in [-0.4, -0.2) is 18.0 Å². The normalized spacial score (nSPS) is 13.8. The van der Waals surface area contributed by atoms with Crippen molar-refractivity contribution in [2.24, 2.45) is 0 Å². The Kier molecular flexibility index (Phi) is 5.21. The number of carbonyl (C=O) groups is 1. The van der Waals surface area contributed by atoms with Crippen LogP contribution in [0.5, 0.6) is 5.75 Å². The third-order valence-corrected chi connectivity index (χ3v) is 4.71. The summed E-state index contributed by atoms with van der Waals surface area (Å²) in [6.07, 6.45) is 2.05. The van der Waals surface area contributed by atoms with Crippen LogP contribution in [0.1, 0.15) is 24.8 Å². The number of methoxy groups -OCH3 is 1. The lowest BCUT2D eigenvalue weighted by molar-refractivity contribution is -0.115. The molecule has 0 spiro atoms. The third-order valence-electron chi connectivity index (χ3n) is 4.71. The highest BCUT2D eigenvalue weighted by Crippen LogP contribution is 2.31. The Bertz CT molecular complexity index is 896. The summed E-state index contributed by atoms with van der Waals surface area (Å²) < 4.78 is 19.8. The molecule has 0 unspecified atom stereocenters. The molecule has 0 amide bonds. The molecule has 4 heteroatoms. The summed E-state index contributed by atoms with van der Waals surface area (Å²) in [5, 5.41) is 9.61. The molecule has 1 aliphatic carbocycles. The first kappa shape index (κ1) is 17.9. The van der Waals surface area contributed by atoms with E-state index in [-0.39, 0.29) is 18.0 Å². The first-order chi connectivity index (χ1) is 12.5. The molecular formula is C22H21FO3. The average Bonchev–Trinajstić information content (AvgIpc) is 3.13. The molecule has 134 valence electrons. The van der Waals surface area contributed by atoms with E-state index in [4.69, 9.17) is 4.74 Å². The summed E-state index contributed by atoms with van der Waals surface area (Å²) in [5.41, 5.74) is 3.11. The molecule has 1 aliphatic rings. The second-order valence-corrected chi connectivity index (χ2v) is 6.40. The number of aliphatic hydroxyl groups is 1. The van der Waals surface area contributed by atoms with Gasteiger partial charge in [0.15, 0.2) is 5.78 Å². The summed E-state index contributed by atoms with van der Waals surface area (Å²) >= 11 is 0. The largest absolute Gasteiger partial charge is 0.508 e. The number of benzene rings is 2. The number of Topliss-reactive ketones (excluding diaryl/α,β-unsaturated/α-hetero) is 1. The van der Waals surface area contributed by atoms with Gasteiger partial charge in [0, 0.05) is 12.0 Å². The zero-order chi connectivity index (χ0) is 18.7. The van der Waals surface area contributed by atoms with Crippen molar-refractivity contribution >= 4 is 5.78 Å². The van der Waals surface area contributed by atoms with Crippen molar-refractivity contribution in [1.29, 1.82) is 0 Å². The van der Waals surface area contributed by atoms with E-state index < -0.39 is 5.82 Å². The zero-order valence-corrected chi connectivity index (χ0v) is 14.7. The molecule has 26 heavy (non-hydrogen) atoms. The van der Waals surface area contributed by atoms with Gasteiger partial charge in [-0.05, 0) is 59.7 Å². The maximum atomic E-state index is 14.6. The summed E-state index contributed by atoms with van der Waals surface area (Å²) in [5.74, 6) is 0.0779. The third kappa shape index (κ3) is 3.69. The minimum absolute atomic E-state index is 0.0175. The number of halogens is 1. The summed E-state index contributed by atoms with van der Waals surface area (Å²) in [6, 6.07) is 12.3. The van der Waals surface area contributed by atoms with E-state index in [1.807, 2.05) is 24.3 Å². The van der Waals surface area contributed by atoms with Gasteiger partial charge in [0.1, 0.15) is 17.3 Å². The molecule has 0 bridgehead atoms. The molecule has 0 heterocycles. The minimum atomic E-state index is -0.415. The molecule has 3 nitrogen and oxygen atoms in total. The van der Waals surface area contributed by atoms with Crippen LogP contribution in [0.3, 0.4) is 0 Å². The molecule has 0 radical (unpaired) electrons. The highest BCUT2D eigenvalue weighted by molar-refractivity contribution is 5.98. The zero-order valence-electron chi connectivity index (χ0n) is 14.7. The first-order valence-corrected chi connectivity index (χ1v) is 8.56. The Labute approximate surface area is 152 Å². The summed E-state index contributed by atoms with van der Waals surface area (Å²) in [6.45, 7) is 3.51. The van der Waals surface area contributed by atoms with Crippen molar-refractivity contribution in [3.8, 4) is 16.9 Å². The van der Waals surface area contributed by atoms with Gasteiger partial charge in [-0.1, -0.05) is 30.8 Å². The van der Waals surface area contributed by atoms with Crippen molar-refractivity contribution in [3.63, 3.8) is 0 Å². The predicted molar refractivity (Wildman–Crippen MR) is 99.7 cm³/mol. The molecule has 0 saturated heterocycles. The fraction of sp³-hybridized carbons (Fsp3) is 0.227. The SMILES string of the molecule is C=C(O)C1=C(C(=O)Cc2ccc(-c3cccc(OC)c3)cc2F)CCC1. The van der Waals surface area contributed by atoms with Crippen molar-refractivity contribution in [2.75, 3.05) is 7.11 Å². The van der Waals surface area contributed by atoms with Gasteiger partial charge in [-0.3, -0.25) is 4.79 Å². The second kappa shape index (κ2) is 7.56. The molecule has 2 aromatic carbocycles. The van der Waals surface area contributed by atoms with Crippen LogP contribution in [0.25, 0.3) is 11.1 Å². The van der Waals surface area contributed by atoms with Crippen molar-refractivity contribution < 1.29 is 19.0 Å². The Hall–Kier alpha value is -2.88. The van der Waals surface area contributed by atoms with Crippen LogP contribution in [0.15, 0.2) is 65.9 Å². The molecule has 2 aromatic rings. The molecule has 0 atom stereocenters. The van der Waals surface area contributed by atoms with Gasteiger partial charge in [0.25, 0.3) is 0 Å². The number of rotatable bonds is 6. The lowest BCUT2D eigenvalue weighted by atomic mass is 9.97. The van der Waals surface area contributed by atoms with E-state index in [0.29, 0.717) is 35.3 Å². The number of hydrogen-bond acceptors (Lipinski definition) is 3. The number of allylic oxidation sites excluding steroid dienone is 2. The quantitative estimate of drug-likeness (QED) is 0.730. The monoisotopic (exact) mass is 352 g/mol. The fourth-order valence-electron chi connectivity index (χ4n) is 3.32. The van der Waals surface area contributed by atoms with E-state index in [2.05, 4.69) is 6.58 Å². The Morgan fingerprint density at radius 3 is 2.58 bits per heavy atom. The minimum Gasteiger partial charge on any atom is -0.508 e. The smallest absolute Gasteiger partial charge is 0.163 e. The van der Waals surface area contributed by atoms with Gasteiger partial charge >= 0.3 is 0 Å². The van der Waals surface area contributed by atoms with Gasteiger partial charge < -0.3 is 9.84 Å². The van der Waals surface area contributed by atoms with E-state index in [1.54, 1.807) is 19.2 Å². The molecule has 0 aromatic heterocycles. The molecule has 0 aliphatic heterocycles. The Morgan fingerprint density at radius 1 is 1.15 bits per heavy atom. The van der Waals surface area contributed by atoms with E-state index in [1.165, 1.54) is 6.07 Å². The van der Waals surface area contributed by atoms with Crippen molar-refractivity contribution in [3.05, 3.63) is 77.3 Å². The van der Waals surface area contributed by atoms with Crippen LogP contribution < -0.4 is 4.74 Å². The van der Waals surface area contributed by atoms with Crippen LogP contribution >= 0.6 is 0 Å². The summed E-state index contributed by atoms with van der Waals surface area (Å²) in [7, 11) is 1.58. The van der Waals surface area contributed by atoms with Crippen LogP contribution in [0, 0.1) is 5.82 Å². The Morgan fingerprint density at radius 2 is 1.88 bits per heavy atom. The number of ketones is 1. The van der Waals surface area contributed by atoms with Crippen LogP contribution in [0.2, 0.25) is 0 Å². The first-order valence-electron chi connectivity index (χ1n) is 8.56. The molecular weight excluding hydrogens is 331 g/mol. The highest BCUT2D eigenvalue weighted by atomic mass is 19.1. The van der Waals surface area contributed by atoms with Crippen LogP contribution in [-0.2, 0) is 11.2 Å². The van der Waals surface area contributed by atoms with E-state index in [9.17, 15) is 14.3 Å². The maximum Gasteiger partial charge on any atom is 0.163 e. The standard InChI is InChI=1S/C22H21FO3/c1-14(24)19-7-4-8-20(19)22(25)13-17-10-9-16(12-21(17)23)15-5-3-6-18(11-15)26-2/h3,5-6,9-12,24H,1,4,7-8,13H2,2H3. The topological polar surface area (TPSA) is 46.5 Å². The number of aliphatic hydroxyl groups excluding tert-OH is 1. The van der Waals surface area contributed by atoms with Gasteiger partial charge in [0.2, 0.25) is 0 Å². The summed E-state index contributed by atoms with van der Waals surface area (Å²) in [4.78, 5) is 12.5. The number of hydrogen-bond donors (Lipinski definition) is 1. The maximum absolute atomic E-state index is 14.6. The van der Waals surface area contributed by atoms with Crippen LogP contribution in [0.4, 0.5) is 4.39 Å². The highest BCUT2D eigenvalue weighted by Gasteiger charge is 2.23. The van der Waals surface area contributed by atoms with Gasteiger partial charge in [-0.15, -0.1) is 0 Å². The number of ether oxygens (including phenoxy) is 1. The lowest BCUT2D eigenvalue weighted by Gasteiger charge is -2.09. The molecule has 1 N–H and O–H groups in total. The molecule has 0 saturated carbocycles. The molecule has 0 fully saturated rings. The molecule has 3 rings (SSSR count). The van der Waals surface area contributed by atoms with Gasteiger partial charge in [-0.25, -0.2) is 4.39 Å². The second-order valence-electron chi connectivity index (χ2n) is 6.40. The average molecular weight is 352 g/mol. The predicted octanol–water partition coefficient (Wildman–Crippen LogP) is 5.17. The van der Waals surface area contributed by atoms with Crippen molar-refractivity contribution in [1.82, 2.24) is 0 Å².